The Kier molecular flexibility index (Phi) is 6.91. The van der Waals surface area contributed by atoms with E-state index in [1.807, 2.05) is 24.0 Å². The summed E-state index contributed by atoms with van der Waals surface area (Å²) in [4.78, 5) is 18.1. The van der Waals surface area contributed by atoms with Gasteiger partial charge in [-0.25, -0.2) is 0 Å². The highest BCUT2D eigenvalue weighted by atomic mass is 16.6. The van der Waals surface area contributed by atoms with Gasteiger partial charge in [0.1, 0.15) is 13.2 Å². The Morgan fingerprint density at radius 1 is 1.08 bits per heavy atom. The fourth-order valence-corrected chi connectivity index (χ4v) is 6.05. The Labute approximate surface area is 218 Å². The zero-order valence-electron chi connectivity index (χ0n) is 21.7. The molecule has 8 heteroatoms. The van der Waals surface area contributed by atoms with Gasteiger partial charge in [-0.3, -0.25) is 9.48 Å². The van der Waals surface area contributed by atoms with E-state index in [9.17, 15) is 4.79 Å². The molecule has 196 valence electrons. The van der Waals surface area contributed by atoms with Gasteiger partial charge in [-0.1, -0.05) is 6.07 Å². The number of hydrogen-bond acceptors (Lipinski definition) is 6. The van der Waals surface area contributed by atoms with Gasteiger partial charge in [-0.15, -0.1) is 0 Å². The third-order valence-corrected chi connectivity index (χ3v) is 7.99. The first-order valence-electron chi connectivity index (χ1n) is 13.7. The fraction of sp³-hybridized carbons (Fsp3) is 0.517. The zero-order valence-corrected chi connectivity index (χ0v) is 21.7. The lowest BCUT2D eigenvalue weighted by Gasteiger charge is -2.26. The first kappa shape index (κ1) is 24.1. The quantitative estimate of drug-likeness (QED) is 0.508. The number of aromatic nitrogens is 2. The van der Waals surface area contributed by atoms with Gasteiger partial charge < -0.3 is 24.6 Å². The zero-order chi connectivity index (χ0) is 25.2. The molecule has 1 aromatic heterocycles. The second-order valence-electron chi connectivity index (χ2n) is 10.8. The molecular formula is C29H37N5O3. The molecule has 2 unspecified atom stereocenters. The van der Waals surface area contributed by atoms with Crippen LogP contribution in [0.2, 0.25) is 0 Å². The van der Waals surface area contributed by atoms with E-state index in [1.165, 1.54) is 24.1 Å². The maximum absolute atomic E-state index is 13.2. The number of benzene rings is 2. The highest BCUT2D eigenvalue weighted by Gasteiger charge is 2.27. The van der Waals surface area contributed by atoms with Crippen molar-refractivity contribution in [1.82, 2.24) is 20.0 Å². The first-order valence-corrected chi connectivity index (χ1v) is 13.7. The summed E-state index contributed by atoms with van der Waals surface area (Å²) in [5, 5.41) is 8.92. The van der Waals surface area contributed by atoms with Crippen LogP contribution in [-0.4, -0.2) is 72.6 Å². The Hall–Kier alpha value is -3.26. The van der Waals surface area contributed by atoms with Crippen molar-refractivity contribution in [3.63, 3.8) is 0 Å². The van der Waals surface area contributed by atoms with Crippen LogP contribution in [0.5, 0.6) is 11.5 Å². The van der Waals surface area contributed by atoms with Crippen LogP contribution < -0.4 is 19.7 Å². The second-order valence-corrected chi connectivity index (χ2v) is 10.8. The minimum absolute atomic E-state index is 0.0814. The number of nitrogens with zero attached hydrogens (tertiary/aromatic N) is 4. The normalized spacial score (nSPS) is 20.5. The predicted octanol–water partition coefficient (Wildman–Crippen LogP) is 3.38. The largest absolute Gasteiger partial charge is 0.486 e. The number of fused-ring (bicyclic) bond motifs is 2. The van der Waals surface area contributed by atoms with Gasteiger partial charge >= 0.3 is 0 Å². The summed E-state index contributed by atoms with van der Waals surface area (Å²) < 4.78 is 13.4. The van der Waals surface area contributed by atoms with Crippen molar-refractivity contribution in [2.45, 2.75) is 38.1 Å². The highest BCUT2D eigenvalue weighted by Crippen LogP contribution is 2.31. The van der Waals surface area contributed by atoms with Crippen LogP contribution in [0, 0.1) is 5.92 Å². The molecule has 37 heavy (non-hydrogen) atoms. The van der Waals surface area contributed by atoms with E-state index in [2.05, 4.69) is 50.5 Å². The minimum atomic E-state index is 0.0814. The molecule has 1 N–H and O–H groups in total. The molecular weight excluding hydrogens is 466 g/mol. The summed E-state index contributed by atoms with van der Waals surface area (Å²) in [6.45, 7) is 6.20. The number of hydrogen-bond donors (Lipinski definition) is 1. The van der Waals surface area contributed by atoms with Crippen molar-refractivity contribution in [1.29, 1.82) is 0 Å². The fourth-order valence-electron chi connectivity index (χ4n) is 6.05. The monoisotopic (exact) mass is 503 g/mol. The van der Waals surface area contributed by atoms with Crippen molar-refractivity contribution in [3.05, 3.63) is 48.2 Å². The van der Waals surface area contributed by atoms with Gasteiger partial charge in [-0.2, -0.15) is 5.10 Å². The van der Waals surface area contributed by atoms with Crippen molar-refractivity contribution in [2.75, 3.05) is 50.8 Å². The highest BCUT2D eigenvalue weighted by molar-refractivity contribution is 5.82. The lowest BCUT2D eigenvalue weighted by molar-refractivity contribution is -0.122. The molecule has 4 heterocycles. The van der Waals surface area contributed by atoms with Crippen LogP contribution in [-0.2, 0) is 18.3 Å². The van der Waals surface area contributed by atoms with E-state index in [0.29, 0.717) is 25.6 Å². The number of ether oxygens (including phenoxy) is 2. The third-order valence-electron chi connectivity index (χ3n) is 7.99. The van der Waals surface area contributed by atoms with Crippen LogP contribution in [0.15, 0.2) is 42.6 Å². The van der Waals surface area contributed by atoms with Gasteiger partial charge in [0.05, 0.1) is 11.7 Å². The van der Waals surface area contributed by atoms with Gasteiger partial charge in [-0.05, 0) is 80.6 Å². The molecule has 2 fully saturated rings. The molecule has 0 spiro atoms. The summed E-state index contributed by atoms with van der Waals surface area (Å²) in [6, 6.07) is 12.8. The molecule has 1 amide bonds. The smallest absolute Gasteiger partial charge is 0.220 e. The van der Waals surface area contributed by atoms with Gasteiger partial charge in [0.2, 0.25) is 5.91 Å². The standard InChI is InChI=1S/C29H37N5O3/c1-32-26-17-25(6-5-23(26)18-30-32)34-11-8-22(19-34)16-29(35)31-24(20-33-9-2-3-10-33)14-21-4-7-27-28(15-21)37-13-12-36-27/h4-7,15,17-18,22,24H,2-3,8-14,16,19-20H2,1H3,(H,31,35). The molecule has 2 saturated heterocycles. The Bertz CT molecular complexity index is 1250. The van der Waals surface area contributed by atoms with E-state index in [4.69, 9.17) is 9.47 Å². The van der Waals surface area contributed by atoms with E-state index >= 15 is 0 Å². The number of nitrogens with one attached hydrogen (secondary N) is 1. The molecule has 2 aromatic carbocycles. The maximum atomic E-state index is 13.2. The van der Waals surface area contributed by atoms with Gasteiger partial charge in [0.25, 0.3) is 0 Å². The molecule has 8 nitrogen and oxygen atoms in total. The molecule has 2 atom stereocenters. The Morgan fingerprint density at radius 3 is 2.78 bits per heavy atom. The molecule has 6 rings (SSSR count). The predicted molar refractivity (Wildman–Crippen MR) is 144 cm³/mol. The summed E-state index contributed by atoms with van der Waals surface area (Å²) >= 11 is 0. The summed E-state index contributed by atoms with van der Waals surface area (Å²) in [5.74, 6) is 2.15. The van der Waals surface area contributed by atoms with Crippen molar-refractivity contribution in [2.24, 2.45) is 13.0 Å². The van der Waals surface area contributed by atoms with Crippen LogP contribution >= 0.6 is 0 Å². The van der Waals surface area contributed by atoms with Crippen molar-refractivity contribution < 1.29 is 14.3 Å². The number of aryl methyl sites for hydroxylation is 1. The van der Waals surface area contributed by atoms with Gasteiger partial charge in [0.15, 0.2) is 11.5 Å². The summed E-state index contributed by atoms with van der Waals surface area (Å²) in [6.07, 6.45) is 6.79. The minimum Gasteiger partial charge on any atom is -0.486 e. The average Bonchev–Trinajstić information content (AvgIpc) is 3.66. The van der Waals surface area contributed by atoms with Gasteiger partial charge in [0, 0.05) is 50.2 Å². The van der Waals surface area contributed by atoms with Crippen molar-refractivity contribution in [3.8, 4) is 11.5 Å². The Morgan fingerprint density at radius 2 is 1.92 bits per heavy atom. The maximum Gasteiger partial charge on any atom is 0.220 e. The molecule has 3 aromatic rings. The SMILES string of the molecule is Cn1ncc2ccc(N3CCC(CC(=O)NC(Cc4ccc5c(c4)OCCO5)CN4CCCC4)C3)cc21. The molecule has 0 bridgehead atoms. The summed E-state index contributed by atoms with van der Waals surface area (Å²) in [5.41, 5.74) is 3.53. The van der Waals surface area contributed by atoms with Crippen LogP contribution in [0.1, 0.15) is 31.2 Å². The lowest BCUT2D eigenvalue weighted by atomic mass is 10.0. The molecule has 3 aliphatic heterocycles. The number of likely N-dealkylation sites (tertiary alicyclic amines) is 1. The third kappa shape index (κ3) is 5.54. The van der Waals surface area contributed by atoms with E-state index < -0.39 is 0 Å². The molecule has 0 aliphatic carbocycles. The number of rotatable bonds is 8. The van der Waals surface area contributed by atoms with E-state index in [0.717, 1.165) is 68.0 Å². The number of carbonyl (C=O) groups is 1. The Balaban J connectivity index is 1.08. The van der Waals surface area contributed by atoms with E-state index in [1.54, 1.807) is 0 Å². The van der Waals surface area contributed by atoms with Crippen LogP contribution in [0.3, 0.4) is 0 Å². The first-order chi connectivity index (χ1) is 18.1. The molecule has 0 radical (unpaired) electrons. The van der Waals surface area contributed by atoms with Crippen LogP contribution in [0.4, 0.5) is 5.69 Å². The molecule has 3 aliphatic rings. The lowest BCUT2D eigenvalue weighted by Crippen LogP contribution is -2.45. The number of amides is 1. The summed E-state index contributed by atoms with van der Waals surface area (Å²) in [7, 11) is 1.98. The topological polar surface area (TPSA) is 71.9 Å². The average molecular weight is 504 g/mol. The van der Waals surface area contributed by atoms with E-state index in [-0.39, 0.29) is 11.9 Å². The number of carbonyl (C=O) groups excluding carboxylic acids is 1. The molecule has 0 saturated carbocycles. The van der Waals surface area contributed by atoms with Crippen molar-refractivity contribution >= 4 is 22.5 Å². The van der Waals surface area contributed by atoms with Crippen LogP contribution in [0.25, 0.3) is 10.9 Å². The second kappa shape index (κ2) is 10.6. The number of anilines is 1.